The zero-order valence-electron chi connectivity index (χ0n) is 25.5. The number of nitrogens with one attached hydrogen (secondary N) is 2. The van der Waals surface area contributed by atoms with Crippen LogP contribution < -0.4 is 9.80 Å². The van der Waals surface area contributed by atoms with Gasteiger partial charge in [0.25, 0.3) is 0 Å². The van der Waals surface area contributed by atoms with E-state index in [9.17, 15) is 4.79 Å². The fraction of sp³-hybridized carbons (Fsp3) is 0.250. The summed E-state index contributed by atoms with van der Waals surface area (Å²) in [6.45, 7) is 12.2. The minimum absolute atomic E-state index is 0.0894. The predicted molar refractivity (Wildman–Crippen MR) is 176 cm³/mol. The Bertz CT molecular complexity index is 1340. The number of anilines is 2. The second-order valence-corrected chi connectivity index (χ2v) is 9.07. The fourth-order valence-electron chi connectivity index (χ4n) is 4.58. The van der Waals surface area contributed by atoms with E-state index in [1.54, 1.807) is 0 Å². The summed E-state index contributed by atoms with van der Waals surface area (Å²) in [5.74, 6) is 0.0894. The van der Waals surface area contributed by atoms with Crippen LogP contribution in [0.4, 0.5) is 11.4 Å². The highest BCUT2D eigenvalue weighted by Gasteiger charge is 2.21. The largest absolute Gasteiger partial charge is 0.370 e. The lowest BCUT2D eigenvalue weighted by Gasteiger charge is -2.31. The Balaban J connectivity index is 0.000000405. The molecule has 4 aromatic rings. The summed E-state index contributed by atoms with van der Waals surface area (Å²) in [5.41, 5.74) is 6.46. The zero-order valence-corrected chi connectivity index (χ0v) is 25.5. The van der Waals surface area contributed by atoms with E-state index in [1.165, 1.54) is 11.1 Å². The highest BCUT2D eigenvalue weighted by Crippen LogP contribution is 2.34. The number of rotatable bonds is 10. The van der Waals surface area contributed by atoms with Crippen LogP contribution in [0.25, 0.3) is 0 Å². The minimum atomic E-state index is 0.0894. The summed E-state index contributed by atoms with van der Waals surface area (Å²) in [6.07, 6.45) is 2.53. The summed E-state index contributed by atoms with van der Waals surface area (Å²) in [6, 6.07) is 36.7. The molecule has 0 spiro atoms. The van der Waals surface area contributed by atoms with Gasteiger partial charge in [0.05, 0.1) is 11.4 Å². The molecule has 0 aliphatic heterocycles. The van der Waals surface area contributed by atoms with Gasteiger partial charge in [-0.3, -0.25) is 4.79 Å². The molecule has 4 rings (SSSR count). The zero-order chi connectivity index (χ0) is 31.9. The Hall–Kier alpha value is -5.09. The summed E-state index contributed by atoms with van der Waals surface area (Å²) >= 11 is 0. The average molecular weight is 579 g/mol. The predicted octanol–water partition coefficient (Wildman–Crippen LogP) is 7.69. The molecule has 0 unspecified atom stereocenters. The Kier molecular flexibility index (Phi) is 18.1. The maximum Gasteiger partial charge on any atom is 0.231 e. The molecule has 0 heterocycles. The third kappa shape index (κ3) is 12.1. The first-order valence-electron chi connectivity index (χ1n) is 14.3. The summed E-state index contributed by atoms with van der Waals surface area (Å²) in [4.78, 5) is 34.4. The minimum Gasteiger partial charge on any atom is -0.370 e. The lowest BCUT2D eigenvalue weighted by Crippen LogP contribution is -2.30. The molecule has 2 N–H and O–H groups in total. The quantitative estimate of drug-likeness (QED) is 0.114. The Morgan fingerprint density at radius 1 is 0.581 bits per heavy atom. The van der Waals surface area contributed by atoms with Gasteiger partial charge < -0.3 is 9.80 Å². The van der Waals surface area contributed by atoms with Gasteiger partial charge in [-0.25, -0.2) is 20.4 Å². The van der Waals surface area contributed by atoms with E-state index >= 15 is 0 Å². The first-order chi connectivity index (χ1) is 20.9. The van der Waals surface area contributed by atoms with Crippen LogP contribution in [0.3, 0.4) is 0 Å². The number of nitrogens with zero attached hydrogens (tertiary/aromatic N) is 2. The van der Waals surface area contributed by atoms with Crippen LogP contribution in [0, 0.1) is 10.8 Å². The molecule has 7 nitrogen and oxygen atoms in total. The van der Waals surface area contributed by atoms with Crippen LogP contribution in [-0.4, -0.2) is 44.1 Å². The Labute approximate surface area is 255 Å². The van der Waals surface area contributed by atoms with Crippen LogP contribution in [0.15, 0.2) is 109 Å². The monoisotopic (exact) mass is 578 g/mol. The SMILES string of the molecule is CCN(CC)c1cccc(C(=O)c2ccccc2)c1N(CC)CC.N=C=O.N=C=O.c1ccc(Cc2ccccc2)cc1. The molecule has 0 saturated carbocycles. The van der Waals surface area contributed by atoms with Crippen molar-refractivity contribution in [2.24, 2.45) is 0 Å². The van der Waals surface area contributed by atoms with Crippen molar-refractivity contribution in [3.63, 3.8) is 0 Å². The van der Waals surface area contributed by atoms with Crippen LogP contribution in [-0.2, 0) is 16.0 Å². The third-order valence-electron chi connectivity index (χ3n) is 6.57. The van der Waals surface area contributed by atoms with Crippen molar-refractivity contribution >= 4 is 29.3 Å². The van der Waals surface area contributed by atoms with Crippen molar-refractivity contribution < 1.29 is 14.4 Å². The van der Waals surface area contributed by atoms with Crippen molar-refractivity contribution in [1.82, 2.24) is 0 Å². The van der Waals surface area contributed by atoms with E-state index in [0.29, 0.717) is 0 Å². The van der Waals surface area contributed by atoms with E-state index in [4.69, 9.17) is 20.4 Å². The third-order valence-corrected chi connectivity index (χ3v) is 6.57. The van der Waals surface area contributed by atoms with Crippen molar-refractivity contribution in [2.45, 2.75) is 34.1 Å². The number of hydrogen-bond donors (Lipinski definition) is 2. The number of carbonyl (C=O) groups excluding carboxylic acids is 3. The van der Waals surface area contributed by atoms with Crippen LogP contribution >= 0.6 is 0 Å². The molecule has 0 fully saturated rings. The fourth-order valence-corrected chi connectivity index (χ4v) is 4.58. The molecule has 0 saturated heterocycles. The maximum absolute atomic E-state index is 13.1. The molecule has 43 heavy (non-hydrogen) atoms. The molecule has 7 heteroatoms. The van der Waals surface area contributed by atoms with E-state index < -0.39 is 0 Å². The van der Waals surface area contributed by atoms with Crippen LogP contribution in [0.2, 0.25) is 0 Å². The second-order valence-electron chi connectivity index (χ2n) is 9.07. The highest BCUT2D eigenvalue weighted by atomic mass is 16.1. The van der Waals surface area contributed by atoms with Crippen LogP contribution in [0.1, 0.15) is 54.7 Å². The van der Waals surface area contributed by atoms with Crippen molar-refractivity contribution in [3.8, 4) is 0 Å². The topological polar surface area (TPSA) is 105 Å². The number of ketones is 1. The molecule has 0 amide bonds. The van der Waals surface area contributed by atoms with Gasteiger partial charge in [0.15, 0.2) is 5.78 Å². The number of isocyanates is 2. The normalized spacial score (nSPS) is 9.21. The van der Waals surface area contributed by atoms with Gasteiger partial charge in [-0.05, 0) is 57.4 Å². The number of hydrogen-bond acceptors (Lipinski definition) is 7. The van der Waals surface area contributed by atoms with E-state index in [-0.39, 0.29) is 5.78 Å². The van der Waals surface area contributed by atoms with E-state index in [1.807, 2.05) is 42.5 Å². The van der Waals surface area contributed by atoms with Gasteiger partial charge >= 0.3 is 0 Å². The molecule has 224 valence electrons. The number of para-hydroxylation sites is 1. The van der Waals surface area contributed by atoms with Crippen molar-refractivity contribution in [3.05, 3.63) is 131 Å². The lowest BCUT2D eigenvalue weighted by atomic mass is 9.99. The number of benzene rings is 4. The lowest BCUT2D eigenvalue weighted by molar-refractivity contribution is 0.103. The molecule has 0 radical (unpaired) electrons. The van der Waals surface area contributed by atoms with Crippen molar-refractivity contribution in [1.29, 1.82) is 10.8 Å². The number of carbonyl (C=O) groups is 1. The molecule has 0 aromatic heterocycles. The smallest absolute Gasteiger partial charge is 0.231 e. The Morgan fingerprint density at radius 2 is 0.977 bits per heavy atom. The van der Waals surface area contributed by atoms with Crippen molar-refractivity contribution in [2.75, 3.05) is 36.0 Å². The molecule has 0 aliphatic carbocycles. The molecule has 0 aliphatic rings. The average Bonchev–Trinajstić information content (AvgIpc) is 3.05. The Morgan fingerprint density at radius 3 is 1.37 bits per heavy atom. The van der Waals surface area contributed by atoms with Gasteiger partial charge in [0, 0.05) is 37.3 Å². The van der Waals surface area contributed by atoms with Gasteiger partial charge in [-0.2, -0.15) is 0 Å². The van der Waals surface area contributed by atoms with Gasteiger partial charge in [0.2, 0.25) is 12.2 Å². The first kappa shape index (κ1) is 35.9. The van der Waals surface area contributed by atoms with E-state index in [0.717, 1.165) is 67.3 Å². The molecule has 0 bridgehead atoms. The standard InChI is InChI=1S/C21H28N2O.C13H12.2CHNO/c1-5-22(6-2)19-16-12-15-18(20(19)23(7-3)8-4)21(24)17-13-10-9-11-14-17;1-3-7-12(8-4-1)11-13-9-5-2-6-10-13;2*2-1-3/h9-16H,5-8H2,1-4H3;1-10H,11H2;2*2H. The highest BCUT2D eigenvalue weighted by molar-refractivity contribution is 6.14. The molecule has 0 atom stereocenters. The van der Waals surface area contributed by atoms with E-state index in [2.05, 4.69) is 104 Å². The first-order valence-corrected chi connectivity index (χ1v) is 14.3. The molecule has 4 aromatic carbocycles. The van der Waals surface area contributed by atoms with Gasteiger partial charge in [0.1, 0.15) is 0 Å². The molecular formula is C36H42N4O3. The maximum atomic E-state index is 13.1. The van der Waals surface area contributed by atoms with Gasteiger partial charge in [-0.1, -0.05) is 97.1 Å². The summed E-state index contributed by atoms with van der Waals surface area (Å²) < 4.78 is 0. The summed E-state index contributed by atoms with van der Waals surface area (Å²) in [7, 11) is 0. The molecular weight excluding hydrogens is 536 g/mol. The van der Waals surface area contributed by atoms with Crippen LogP contribution in [0.5, 0.6) is 0 Å². The second kappa shape index (κ2) is 21.6. The summed E-state index contributed by atoms with van der Waals surface area (Å²) in [5, 5.41) is 10.8. The van der Waals surface area contributed by atoms with Gasteiger partial charge in [-0.15, -0.1) is 0 Å².